The maximum absolute atomic E-state index is 13.3. The predicted octanol–water partition coefficient (Wildman–Crippen LogP) is 2.61. The number of rotatable bonds is 7. The first-order chi connectivity index (χ1) is 15.1. The van der Waals surface area contributed by atoms with Crippen LogP contribution in [0, 0.1) is 5.92 Å². The molecule has 164 valence electrons. The molecule has 1 aromatic carbocycles. The Hall–Kier alpha value is -2.86. The van der Waals surface area contributed by atoms with Gasteiger partial charge in [-0.3, -0.25) is 14.7 Å². The highest BCUT2D eigenvalue weighted by atomic mass is 16.2. The number of hydrogen-bond donors (Lipinski definition) is 1. The Morgan fingerprint density at radius 1 is 1.26 bits per heavy atom. The third-order valence-electron chi connectivity index (χ3n) is 6.33. The van der Waals surface area contributed by atoms with Crippen molar-refractivity contribution < 1.29 is 4.79 Å². The molecule has 4 rings (SSSR count). The predicted molar refractivity (Wildman–Crippen MR) is 126 cm³/mol. The summed E-state index contributed by atoms with van der Waals surface area (Å²) in [6, 6.07) is 8.48. The number of nitrogens with zero attached hydrogens (tertiary/aromatic N) is 4. The number of fused-ring (bicyclic) bond motifs is 1. The average Bonchev–Trinajstić information content (AvgIpc) is 3.17. The lowest BCUT2D eigenvalue weighted by atomic mass is 10.1. The standard InChI is InChI=1S/C25H33N5O/c1-4-19(5-2)15-29-17-22-14-26-11-10-23(22)30(24(31)18-29)16-20-6-8-21(9-7-20)25-27-12-13-28(25)3/h4,6-10,14,19,26H,1,5,11-13,15-18H2,2-3H3. The van der Waals surface area contributed by atoms with Crippen LogP contribution in [0.4, 0.5) is 0 Å². The fourth-order valence-electron chi connectivity index (χ4n) is 4.45. The SMILES string of the molecule is C=CC(CC)CN1CC(=O)N(Cc2ccc(C3=NCCN3C)cc2)C2=CCNC=C2C1. The van der Waals surface area contributed by atoms with Gasteiger partial charge in [0.05, 0.1) is 19.6 Å². The van der Waals surface area contributed by atoms with Crippen LogP contribution in [0.3, 0.4) is 0 Å². The van der Waals surface area contributed by atoms with Crippen molar-refractivity contribution in [3.63, 3.8) is 0 Å². The lowest BCUT2D eigenvalue weighted by Crippen LogP contribution is -2.37. The summed E-state index contributed by atoms with van der Waals surface area (Å²) in [7, 11) is 2.08. The van der Waals surface area contributed by atoms with Crippen molar-refractivity contribution in [3.05, 3.63) is 71.6 Å². The molecule has 0 aromatic heterocycles. The number of carbonyl (C=O) groups excluding carboxylic acids is 1. The molecule has 1 saturated heterocycles. The molecule has 1 fully saturated rings. The number of dihydropyridines is 1. The molecule has 1 aromatic rings. The zero-order chi connectivity index (χ0) is 21.8. The van der Waals surface area contributed by atoms with Crippen molar-refractivity contribution in [3.8, 4) is 0 Å². The summed E-state index contributed by atoms with van der Waals surface area (Å²) in [5.74, 6) is 1.60. The molecule has 3 aliphatic heterocycles. The van der Waals surface area contributed by atoms with Gasteiger partial charge in [-0.2, -0.15) is 0 Å². The highest BCUT2D eigenvalue weighted by Gasteiger charge is 2.30. The van der Waals surface area contributed by atoms with Crippen LogP contribution in [0.5, 0.6) is 0 Å². The first kappa shape index (κ1) is 21.4. The second-order valence-corrected chi connectivity index (χ2v) is 8.54. The molecule has 31 heavy (non-hydrogen) atoms. The lowest BCUT2D eigenvalue weighted by molar-refractivity contribution is -0.130. The number of likely N-dealkylation sites (N-methyl/N-ethyl adjacent to an activating group) is 1. The van der Waals surface area contributed by atoms with Gasteiger partial charge in [0.1, 0.15) is 5.84 Å². The van der Waals surface area contributed by atoms with E-state index in [4.69, 9.17) is 0 Å². The van der Waals surface area contributed by atoms with E-state index in [0.29, 0.717) is 19.0 Å². The number of nitrogens with one attached hydrogen (secondary N) is 1. The molecule has 6 nitrogen and oxygen atoms in total. The summed E-state index contributed by atoms with van der Waals surface area (Å²) in [5.41, 5.74) is 4.48. The minimum atomic E-state index is 0.152. The van der Waals surface area contributed by atoms with Gasteiger partial charge in [0.15, 0.2) is 0 Å². The van der Waals surface area contributed by atoms with Gasteiger partial charge in [0.2, 0.25) is 5.91 Å². The fraction of sp³-hybridized carbons (Fsp3) is 0.440. The van der Waals surface area contributed by atoms with Crippen molar-refractivity contribution >= 4 is 11.7 Å². The van der Waals surface area contributed by atoms with Crippen LogP contribution in [0.25, 0.3) is 0 Å². The Bertz CT molecular complexity index is 914. The molecule has 1 amide bonds. The second-order valence-electron chi connectivity index (χ2n) is 8.54. The van der Waals surface area contributed by atoms with Gasteiger partial charge >= 0.3 is 0 Å². The third kappa shape index (κ3) is 4.74. The van der Waals surface area contributed by atoms with Gasteiger partial charge in [-0.05, 0) is 24.0 Å². The van der Waals surface area contributed by atoms with Gasteiger partial charge in [-0.15, -0.1) is 6.58 Å². The van der Waals surface area contributed by atoms with Crippen molar-refractivity contribution in [2.45, 2.75) is 19.9 Å². The summed E-state index contributed by atoms with van der Waals surface area (Å²) < 4.78 is 0. The summed E-state index contributed by atoms with van der Waals surface area (Å²) in [6.45, 7) is 11.3. The topological polar surface area (TPSA) is 51.2 Å². The average molecular weight is 420 g/mol. The van der Waals surface area contributed by atoms with Crippen LogP contribution < -0.4 is 5.32 Å². The van der Waals surface area contributed by atoms with Crippen molar-refractivity contribution in [2.24, 2.45) is 10.9 Å². The maximum Gasteiger partial charge on any atom is 0.241 e. The largest absolute Gasteiger partial charge is 0.387 e. The van der Waals surface area contributed by atoms with Crippen LogP contribution in [-0.2, 0) is 11.3 Å². The summed E-state index contributed by atoms with van der Waals surface area (Å²) in [5, 5.41) is 3.31. The first-order valence-electron chi connectivity index (χ1n) is 11.2. The van der Waals surface area contributed by atoms with Crippen molar-refractivity contribution in [1.82, 2.24) is 20.0 Å². The van der Waals surface area contributed by atoms with Gasteiger partial charge in [0.25, 0.3) is 0 Å². The molecule has 1 atom stereocenters. The molecule has 0 saturated carbocycles. The molecule has 0 spiro atoms. The Morgan fingerprint density at radius 2 is 2.06 bits per heavy atom. The fourth-order valence-corrected chi connectivity index (χ4v) is 4.45. The zero-order valence-electron chi connectivity index (χ0n) is 18.7. The molecule has 0 aliphatic carbocycles. The highest BCUT2D eigenvalue weighted by molar-refractivity contribution is 5.99. The first-order valence-corrected chi connectivity index (χ1v) is 11.2. The van der Waals surface area contributed by atoms with E-state index in [1.807, 2.05) is 11.0 Å². The molecule has 6 heteroatoms. The summed E-state index contributed by atoms with van der Waals surface area (Å²) >= 11 is 0. The van der Waals surface area contributed by atoms with E-state index in [0.717, 1.165) is 61.8 Å². The van der Waals surface area contributed by atoms with Crippen LogP contribution in [0.15, 0.2) is 65.5 Å². The van der Waals surface area contributed by atoms with E-state index in [-0.39, 0.29) is 5.91 Å². The van der Waals surface area contributed by atoms with E-state index in [1.54, 1.807) is 0 Å². The van der Waals surface area contributed by atoms with E-state index in [9.17, 15) is 4.79 Å². The molecular weight excluding hydrogens is 386 g/mol. The lowest BCUT2D eigenvalue weighted by Gasteiger charge is -2.26. The molecule has 3 aliphatic rings. The van der Waals surface area contributed by atoms with Crippen LogP contribution in [0.1, 0.15) is 24.5 Å². The summed E-state index contributed by atoms with van der Waals surface area (Å²) in [6.07, 6.45) is 7.24. The Labute approximate surface area is 185 Å². The van der Waals surface area contributed by atoms with Crippen LogP contribution >= 0.6 is 0 Å². The molecular formula is C25H33N5O. The van der Waals surface area contributed by atoms with E-state index < -0.39 is 0 Å². The number of aliphatic imine (C=N–C) groups is 1. The minimum absolute atomic E-state index is 0.152. The number of benzene rings is 1. The van der Waals surface area contributed by atoms with E-state index in [2.05, 4.69) is 77.2 Å². The van der Waals surface area contributed by atoms with Gasteiger partial charge in [-0.25, -0.2) is 0 Å². The monoisotopic (exact) mass is 419 g/mol. The van der Waals surface area contributed by atoms with E-state index in [1.165, 1.54) is 5.57 Å². The number of amidine groups is 1. The molecule has 0 bridgehead atoms. The third-order valence-corrected chi connectivity index (χ3v) is 6.33. The quantitative estimate of drug-likeness (QED) is 0.691. The van der Waals surface area contributed by atoms with Crippen molar-refractivity contribution in [1.29, 1.82) is 0 Å². The second kappa shape index (κ2) is 9.52. The maximum atomic E-state index is 13.3. The zero-order valence-corrected chi connectivity index (χ0v) is 18.7. The normalized spacial score (nSPS) is 20.3. The number of hydrogen-bond acceptors (Lipinski definition) is 5. The van der Waals surface area contributed by atoms with Gasteiger partial charge in [0, 0.05) is 56.3 Å². The van der Waals surface area contributed by atoms with Crippen LogP contribution in [0.2, 0.25) is 0 Å². The summed E-state index contributed by atoms with van der Waals surface area (Å²) in [4.78, 5) is 24.3. The van der Waals surface area contributed by atoms with Crippen molar-refractivity contribution in [2.75, 3.05) is 46.3 Å². The molecule has 3 heterocycles. The Morgan fingerprint density at radius 3 is 2.74 bits per heavy atom. The van der Waals surface area contributed by atoms with Gasteiger partial charge in [-0.1, -0.05) is 37.3 Å². The smallest absolute Gasteiger partial charge is 0.241 e. The molecule has 0 radical (unpaired) electrons. The Kier molecular flexibility index (Phi) is 6.56. The number of amides is 1. The van der Waals surface area contributed by atoms with E-state index >= 15 is 0 Å². The number of carbonyl (C=O) groups is 1. The minimum Gasteiger partial charge on any atom is -0.387 e. The highest BCUT2D eigenvalue weighted by Crippen LogP contribution is 2.26. The molecule has 1 unspecified atom stereocenters. The molecule has 1 N–H and O–H groups in total. The van der Waals surface area contributed by atoms with Gasteiger partial charge < -0.3 is 15.1 Å². The van der Waals surface area contributed by atoms with Crippen LogP contribution in [-0.4, -0.2) is 72.8 Å². The Balaban J connectivity index is 1.53.